The molecule has 3 N–H and O–H groups in total. The molecule has 2 rings (SSSR count). The van der Waals surface area contributed by atoms with Crippen LogP contribution in [-0.2, 0) is 23.0 Å². The molecule has 0 spiro atoms. The minimum absolute atomic E-state index is 0.276. The van der Waals surface area contributed by atoms with Crippen LogP contribution in [0.25, 0.3) is 0 Å². The van der Waals surface area contributed by atoms with Gasteiger partial charge in [0.15, 0.2) is 0 Å². The first-order valence-corrected chi connectivity index (χ1v) is 9.49. The lowest BCUT2D eigenvalue weighted by Crippen LogP contribution is -2.30. The maximum absolute atomic E-state index is 12.1. The first-order chi connectivity index (χ1) is 10.1. The van der Waals surface area contributed by atoms with Crippen LogP contribution in [-0.4, -0.2) is 20.7 Å². The summed E-state index contributed by atoms with van der Waals surface area (Å²) < 4.78 is 26.9. The van der Waals surface area contributed by atoms with E-state index in [0.717, 1.165) is 24.8 Å². The van der Waals surface area contributed by atoms with Gasteiger partial charge < -0.3 is 5.73 Å². The smallest absolute Gasteiger partial charge is 0.212 e. The molecule has 21 heavy (non-hydrogen) atoms. The molecule has 118 valence electrons. The highest BCUT2D eigenvalue weighted by Crippen LogP contribution is 2.24. The van der Waals surface area contributed by atoms with Crippen molar-refractivity contribution in [2.75, 3.05) is 12.3 Å². The Kier molecular flexibility index (Phi) is 6.21. The van der Waals surface area contributed by atoms with Gasteiger partial charge in [-0.15, -0.1) is 0 Å². The third-order valence-corrected chi connectivity index (χ3v) is 5.63. The van der Waals surface area contributed by atoms with E-state index in [9.17, 15) is 8.42 Å². The molecule has 0 atom stereocenters. The summed E-state index contributed by atoms with van der Waals surface area (Å²) in [6.45, 7) is 1.01. The Morgan fingerprint density at radius 1 is 1.05 bits per heavy atom. The Morgan fingerprint density at radius 2 is 1.67 bits per heavy atom. The first kappa shape index (κ1) is 16.5. The standard InChI is InChI=1S/C16H26N2O2S/c17-11-10-14-6-8-15(9-7-14)12-18-21(19,20)13-16-4-2-1-3-5-16/h6-9,16,18H,1-5,10-13,17H2. The van der Waals surface area contributed by atoms with E-state index in [4.69, 9.17) is 5.73 Å². The van der Waals surface area contributed by atoms with Crippen LogP contribution in [0.3, 0.4) is 0 Å². The van der Waals surface area contributed by atoms with E-state index in [1.165, 1.54) is 24.8 Å². The summed E-state index contributed by atoms with van der Waals surface area (Å²) in [6.07, 6.45) is 6.54. The van der Waals surface area contributed by atoms with Crippen molar-refractivity contribution >= 4 is 10.0 Å². The quantitative estimate of drug-likeness (QED) is 0.811. The molecule has 1 aliphatic rings. The topological polar surface area (TPSA) is 72.2 Å². The van der Waals surface area contributed by atoms with Crippen molar-refractivity contribution in [1.29, 1.82) is 0 Å². The van der Waals surface area contributed by atoms with Gasteiger partial charge in [0.05, 0.1) is 5.75 Å². The van der Waals surface area contributed by atoms with Crippen molar-refractivity contribution in [3.8, 4) is 0 Å². The number of hydrogen-bond donors (Lipinski definition) is 2. The predicted octanol–water partition coefficient (Wildman–Crippen LogP) is 2.19. The number of nitrogens with two attached hydrogens (primary N) is 1. The van der Waals surface area contributed by atoms with Gasteiger partial charge in [-0.25, -0.2) is 13.1 Å². The lowest BCUT2D eigenvalue weighted by Gasteiger charge is -2.21. The van der Waals surface area contributed by atoms with Crippen LogP contribution >= 0.6 is 0 Å². The van der Waals surface area contributed by atoms with Crippen molar-refractivity contribution in [3.05, 3.63) is 35.4 Å². The fourth-order valence-electron chi connectivity index (χ4n) is 2.91. The Labute approximate surface area is 128 Å². The van der Waals surface area contributed by atoms with E-state index >= 15 is 0 Å². The maximum Gasteiger partial charge on any atom is 0.212 e. The van der Waals surface area contributed by atoms with Gasteiger partial charge in [0.1, 0.15) is 0 Å². The Bertz CT molecular complexity index is 520. The molecule has 5 heteroatoms. The highest BCUT2D eigenvalue weighted by atomic mass is 32.2. The van der Waals surface area contributed by atoms with Crippen molar-refractivity contribution in [1.82, 2.24) is 4.72 Å². The average Bonchev–Trinajstić information content (AvgIpc) is 2.48. The second kappa shape index (κ2) is 7.92. The fourth-order valence-corrected chi connectivity index (χ4v) is 4.37. The van der Waals surface area contributed by atoms with Crippen molar-refractivity contribution in [3.63, 3.8) is 0 Å². The number of hydrogen-bond acceptors (Lipinski definition) is 3. The van der Waals surface area contributed by atoms with E-state index in [0.29, 0.717) is 19.0 Å². The van der Waals surface area contributed by atoms with Crippen molar-refractivity contribution in [2.24, 2.45) is 11.7 Å². The summed E-state index contributed by atoms with van der Waals surface area (Å²) in [5.74, 6) is 0.612. The molecule has 0 amide bonds. The molecule has 1 aromatic rings. The second-order valence-electron chi connectivity index (χ2n) is 5.96. The van der Waals surface area contributed by atoms with Crippen LogP contribution in [0.1, 0.15) is 43.2 Å². The molecule has 1 aromatic carbocycles. The van der Waals surface area contributed by atoms with Gasteiger partial charge in [-0.2, -0.15) is 0 Å². The molecule has 0 bridgehead atoms. The van der Waals surface area contributed by atoms with Crippen LogP contribution in [0, 0.1) is 5.92 Å². The van der Waals surface area contributed by atoms with Gasteiger partial charge in [-0.05, 0) is 42.9 Å². The third kappa shape index (κ3) is 5.77. The molecule has 0 radical (unpaired) electrons. The Balaban J connectivity index is 1.82. The number of benzene rings is 1. The van der Waals surface area contributed by atoms with Gasteiger partial charge in [-0.1, -0.05) is 43.5 Å². The molecule has 0 aliphatic heterocycles. The third-order valence-electron chi connectivity index (χ3n) is 4.13. The van der Waals surface area contributed by atoms with E-state index in [1.54, 1.807) is 0 Å². The Hall–Kier alpha value is -0.910. The minimum Gasteiger partial charge on any atom is -0.330 e. The SMILES string of the molecule is NCCc1ccc(CNS(=O)(=O)CC2CCCCC2)cc1. The summed E-state index contributed by atoms with van der Waals surface area (Å²) in [4.78, 5) is 0. The lowest BCUT2D eigenvalue weighted by atomic mass is 9.91. The van der Waals surface area contributed by atoms with E-state index in [2.05, 4.69) is 4.72 Å². The lowest BCUT2D eigenvalue weighted by molar-refractivity contribution is 0.384. The summed E-state index contributed by atoms with van der Waals surface area (Å²) in [5, 5.41) is 0. The highest BCUT2D eigenvalue weighted by Gasteiger charge is 2.20. The molecule has 0 heterocycles. The van der Waals surface area contributed by atoms with Gasteiger partial charge in [-0.3, -0.25) is 0 Å². The molecular formula is C16H26N2O2S. The molecule has 1 saturated carbocycles. The molecule has 4 nitrogen and oxygen atoms in total. The molecule has 0 unspecified atom stereocenters. The number of nitrogens with one attached hydrogen (secondary N) is 1. The van der Waals surface area contributed by atoms with Crippen LogP contribution < -0.4 is 10.5 Å². The average molecular weight is 310 g/mol. The normalized spacial score (nSPS) is 17.0. The highest BCUT2D eigenvalue weighted by molar-refractivity contribution is 7.89. The largest absolute Gasteiger partial charge is 0.330 e. The van der Waals surface area contributed by atoms with E-state index in [1.807, 2.05) is 24.3 Å². The molecular weight excluding hydrogens is 284 g/mol. The second-order valence-corrected chi connectivity index (χ2v) is 7.81. The fraction of sp³-hybridized carbons (Fsp3) is 0.625. The summed E-state index contributed by atoms with van der Waals surface area (Å²) in [7, 11) is -3.17. The van der Waals surface area contributed by atoms with Crippen molar-refractivity contribution in [2.45, 2.75) is 45.1 Å². The zero-order valence-corrected chi connectivity index (χ0v) is 13.4. The molecule has 0 saturated heterocycles. The van der Waals surface area contributed by atoms with Gasteiger partial charge >= 0.3 is 0 Å². The predicted molar refractivity (Wildman–Crippen MR) is 86.4 cm³/mol. The van der Waals surface area contributed by atoms with Gasteiger partial charge in [0.25, 0.3) is 0 Å². The zero-order chi connectivity index (χ0) is 15.1. The number of rotatable bonds is 7. The molecule has 0 aromatic heterocycles. The summed E-state index contributed by atoms with van der Waals surface area (Å²) in [6, 6.07) is 7.96. The number of sulfonamides is 1. The molecule has 1 aliphatic carbocycles. The summed E-state index contributed by atoms with van der Waals surface area (Å²) in [5.41, 5.74) is 7.69. The van der Waals surface area contributed by atoms with Crippen molar-refractivity contribution < 1.29 is 8.42 Å². The van der Waals surface area contributed by atoms with E-state index in [-0.39, 0.29) is 5.75 Å². The Morgan fingerprint density at radius 3 is 2.29 bits per heavy atom. The van der Waals surface area contributed by atoms with Gasteiger partial charge in [0, 0.05) is 6.54 Å². The van der Waals surface area contributed by atoms with E-state index < -0.39 is 10.0 Å². The minimum atomic E-state index is -3.17. The van der Waals surface area contributed by atoms with Crippen LogP contribution in [0.4, 0.5) is 0 Å². The zero-order valence-electron chi connectivity index (χ0n) is 12.6. The van der Waals surface area contributed by atoms with Crippen LogP contribution in [0.5, 0.6) is 0 Å². The molecule has 1 fully saturated rings. The summed E-state index contributed by atoms with van der Waals surface area (Å²) >= 11 is 0. The monoisotopic (exact) mass is 310 g/mol. The maximum atomic E-state index is 12.1. The van der Waals surface area contributed by atoms with Crippen LogP contribution in [0.15, 0.2) is 24.3 Å². The van der Waals surface area contributed by atoms with Gasteiger partial charge in [0.2, 0.25) is 10.0 Å². The first-order valence-electron chi connectivity index (χ1n) is 7.84. The van der Waals surface area contributed by atoms with Crippen LogP contribution in [0.2, 0.25) is 0 Å².